The number of hydrogen-bond acceptors (Lipinski definition) is 3. The number of ether oxygens (including phenoxy) is 1. The fraction of sp³-hybridized carbons (Fsp3) is 1.00. The molecule has 0 spiro atoms. The second-order valence-electron chi connectivity index (χ2n) is 5.43. The topological polar surface area (TPSA) is 24.5 Å². The third-order valence-electron chi connectivity index (χ3n) is 3.99. The molecular weight excluding hydrogens is 188 g/mol. The highest BCUT2D eigenvalue weighted by atomic mass is 16.5. The Morgan fingerprint density at radius 3 is 2.73 bits per heavy atom. The van der Waals surface area contributed by atoms with Crippen molar-refractivity contribution in [3.05, 3.63) is 0 Å². The van der Waals surface area contributed by atoms with E-state index in [9.17, 15) is 0 Å². The molecule has 0 aromatic rings. The average molecular weight is 212 g/mol. The minimum atomic E-state index is 0.501. The zero-order chi connectivity index (χ0) is 10.7. The van der Waals surface area contributed by atoms with E-state index in [0.29, 0.717) is 11.5 Å². The summed E-state index contributed by atoms with van der Waals surface area (Å²) in [6, 6.07) is 0.716. The molecule has 1 unspecified atom stereocenters. The summed E-state index contributed by atoms with van der Waals surface area (Å²) in [6.45, 7) is 8.09. The highest BCUT2D eigenvalue weighted by Crippen LogP contribution is 2.31. The lowest BCUT2D eigenvalue weighted by atomic mass is 9.82. The standard InChI is InChI=1S/C12H24N2O/c1-12(4-7-15-8-5-12)10-14-6-3-11(9-14)13-2/h11,13H,3-10H2,1-2H3. The van der Waals surface area contributed by atoms with Gasteiger partial charge in [-0.25, -0.2) is 0 Å². The van der Waals surface area contributed by atoms with Gasteiger partial charge >= 0.3 is 0 Å². The van der Waals surface area contributed by atoms with Gasteiger partial charge in [-0.2, -0.15) is 0 Å². The van der Waals surface area contributed by atoms with Crippen molar-refractivity contribution in [2.45, 2.75) is 32.2 Å². The zero-order valence-corrected chi connectivity index (χ0v) is 10.1. The van der Waals surface area contributed by atoms with Crippen LogP contribution in [-0.4, -0.2) is 50.8 Å². The van der Waals surface area contributed by atoms with E-state index in [-0.39, 0.29) is 0 Å². The van der Waals surface area contributed by atoms with Crippen molar-refractivity contribution in [1.82, 2.24) is 10.2 Å². The third kappa shape index (κ3) is 2.92. The van der Waals surface area contributed by atoms with Crippen molar-refractivity contribution in [2.24, 2.45) is 5.41 Å². The van der Waals surface area contributed by atoms with Gasteiger partial charge in [0.2, 0.25) is 0 Å². The summed E-state index contributed by atoms with van der Waals surface area (Å²) in [5, 5.41) is 3.38. The lowest BCUT2D eigenvalue weighted by molar-refractivity contribution is 0.00830. The van der Waals surface area contributed by atoms with Gasteiger partial charge < -0.3 is 15.0 Å². The SMILES string of the molecule is CNC1CCN(CC2(C)CCOCC2)C1. The molecule has 0 saturated carbocycles. The Labute approximate surface area is 93.2 Å². The van der Waals surface area contributed by atoms with Gasteiger partial charge in [0.15, 0.2) is 0 Å². The monoisotopic (exact) mass is 212 g/mol. The predicted molar refractivity (Wildman–Crippen MR) is 62.1 cm³/mol. The summed E-state index contributed by atoms with van der Waals surface area (Å²) in [7, 11) is 2.07. The molecule has 2 aliphatic rings. The van der Waals surface area contributed by atoms with Crippen molar-refractivity contribution < 1.29 is 4.74 Å². The maximum absolute atomic E-state index is 5.44. The lowest BCUT2D eigenvalue weighted by Gasteiger charge is -2.36. The fourth-order valence-corrected chi connectivity index (χ4v) is 2.77. The number of hydrogen-bond donors (Lipinski definition) is 1. The summed E-state index contributed by atoms with van der Waals surface area (Å²) < 4.78 is 5.44. The molecule has 15 heavy (non-hydrogen) atoms. The molecule has 0 radical (unpaired) electrons. The quantitative estimate of drug-likeness (QED) is 0.758. The Hall–Kier alpha value is -0.120. The summed E-state index contributed by atoms with van der Waals surface area (Å²) >= 11 is 0. The number of likely N-dealkylation sites (N-methyl/N-ethyl adjacent to an activating group) is 1. The van der Waals surface area contributed by atoms with Crippen LogP contribution in [0.5, 0.6) is 0 Å². The van der Waals surface area contributed by atoms with Crippen molar-refractivity contribution in [3.63, 3.8) is 0 Å². The van der Waals surface area contributed by atoms with Crippen LogP contribution in [0.2, 0.25) is 0 Å². The van der Waals surface area contributed by atoms with Gasteiger partial charge in [-0.1, -0.05) is 6.92 Å². The molecule has 88 valence electrons. The number of rotatable bonds is 3. The first-order valence-corrected chi connectivity index (χ1v) is 6.19. The Bertz CT molecular complexity index is 202. The first-order chi connectivity index (χ1) is 7.22. The Kier molecular flexibility index (Phi) is 3.65. The van der Waals surface area contributed by atoms with E-state index in [0.717, 1.165) is 13.2 Å². The largest absolute Gasteiger partial charge is 0.381 e. The van der Waals surface area contributed by atoms with E-state index in [1.165, 1.54) is 38.9 Å². The highest BCUT2D eigenvalue weighted by molar-refractivity contribution is 4.86. The lowest BCUT2D eigenvalue weighted by Crippen LogP contribution is -2.40. The molecule has 2 rings (SSSR count). The van der Waals surface area contributed by atoms with Crippen LogP contribution in [0.15, 0.2) is 0 Å². The third-order valence-corrected chi connectivity index (χ3v) is 3.99. The first-order valence-electron chi connectivity index (χ1n) is 6.19. The molecule has 1 atom stereocenters. The first kappa shape index (κ1) is 11.4. The fourth-order valence-electron chi connectivity index (χ4n) is 2.77. The summed E-state index contributed by atoms with van der Waals surface area (Å²) in [4.78, 5) is 2.62. The molecule has 0 aromatic heterocycles. The molecule has 3 heteroatoms. The van der Waals surface area contributed by atoms with Crippen LogP contribution >= 0.6 is 0 Å². The summed E-state index contributed by atoms with van der Waals surface area (Å²) in [5.41, 5.74) is 0.501. The molecule has 2 aliphatic heterocycles. The van der Waals surface area contributed by atoms with E-state index < -0.39 is 0 Å². The molecule has 0 aromatic carbocycles. The normalized spacial score (nSPS) is 32.0. The van der Waals surface area contributed by atoms with E-state index in [1.807, 2.05) is 0 Å². The van der Waals surface area contributed by atoms with Gasteiger partial charge in [0.05, 0.1) is 0 Å². The molecule has 2 heterocycles. The predicted octanol–water partition coefficient (Wildman–Crippen LogP) is 1.10. The number of nitrogens with one attached hydrogen (secondary N) is 1. The van der Waals surface area contributed by atoms with Crippen LogP contribution in [0.4, 0.5) is 0 Å². The number of nitrogens with zero attached hydrogens (tertiary/aromatic N) is 1. The highest BCUT2D eigenvalue weighted by Gasteiger charge is 2.32. The molecule has 2 saturated heterocycles. The van der Waals surface area contributed by atoms with Crippen LogP contribution in [0, 0.1) is 5.41 Å². The van der Waals surface area contributed by atoms with Crippen LogP contribution in [0.1, 0.15) is 26.2 Å². The molecular formula is C12H24N2O. The van der Waals surface area contributed by atoms with Crippen molar-refractivity contribution in [3.8, 4) is 0 Å². The molecule has 1 N–H and O–H groups in total. The second kappa shape index (κ2) is 4.81. The van der Waals surface area contributed by atoms with Crippen LogP contribution in [-0.2, 0) is 4.74 Å². The maximum atomic E-state index is 5.44. The van der Waals surface area contributed by atoms with Gasteiger partial charge in [0.1, 0.15) is 0 Å². The van der Waals surface area contributed by atoms with Gasteiger partial charge in [-0.05, 0) is 38.3 Å². The second-order valence-corrected chi connectivity index (χ2v) is 5.43. The van der Waals surface area contributed by atoms with Crippen LogP contribution in [0.3, 0.4) is 0 Å². The minimum Gasteiger partial charge on any atom is -0.381 e. The zero-order valence-electron chi connectivity index (χ0n) is 10.1. The van der Waals surface area contributed by atoms with E-state index in [4.69, 9.17) is 4.74 Å². The van der Waals surface area contributed by atoms with Crippen LogP contribution < -0.4 is 5.32 Å². The molecule has 2 fully saturated rings. The average Bonchev–Trinajstić information content (AvgIpc) is 2.66. The van der Waals surface area contributed by atoms with Gasteiger partial charge in [-0.3, -0.25) is 0 Å². The molecule has 0 aliphatic carbocycles. The molecule has 0 bridgehead atoms. The maximum Gasteiger partial charge on any atom is 0.0471 e. The van der Waals surface area contributed by atoms with Gasteiger partial charge in [0, 0.05) is 32.3 Å². The van der Waals surface area contributed by atoms with Gasteiger partial charge in [-0.15, -0.1) is 0 Å². The van der Waals surface area contributed by atoms with E-state index in [2.05, 4.69) is 24.2 Å². The Morgan fingerprint density at radius 2 is 2.13 bits per heavy atom. The Balaban J connectivity index is 1.80. The Morgan fingerprint density at radius 1 is 1.40 bits per heavy atom. The summed E-state index contributed by atoms with van der Waals surface area (Å²) in [5.74, 6) is 0. The van der Waals surface area contributed by atoms with Crippen molar-refractivity contribution >= 4 is 0 Å². The molecule has 3 nitrogen and oxygen atoms in total. The molecule has 0 amide bonds. The van der Waals surface area contributed by atoms with Crippen molar-refractivity contribution in [2.75, 3.05) is 39.9 Å². The van der Waals surface area contributed by atoms with E-state index in [1.54, 1.807) is 0 Å². The minimum absolute atomic E-state index is 0.501. The summed E-state index contributed by atoms with van der Waals surface area (Å²) in [6.07, 6.45) is 3.77. The number of likely N-dealkylation sites (tertiary alicyclic amines) is 1. The smallest absolute Gasteiger partial charge is 0.0471 e. The van der Waals surface area contributed by atoms with Crippen molar-refractivity contribution in [1.29, 1.82) is 0 Å². The van der Waals surface area contributed by atoms with E-state index >= 15 is 0 Å². The van der Waals surface area contributed by atoms with Gasteiger partial charge in [0.25, 0.3) is 0 Å². The van der Waals surface area contributed by atoms with Crippen LogP contribution in [0.25, 0.3) is 0 Å².